The maximum atomic E-state index is 5.81. The third-order valence-corrected chi connectivity index (χ3v) is 3.41. The first-order chi connectivity index (χ1) is 7.90. The van der Waals surface area contributed by atoms with E-state index in [-0.39, 0.29) is 0 Å². The van der Waals surface area contributed by atoms with Gasteiger partial charge in [0.2, 0.25) is 0 Å². The van der Waals surface area contributed by atoms with Crippen molar-refractivity contribution in [3.05, 3.63) is 35.9 Å². The molecule has 1 fully saturated rings. The molecule has 3 N–H and O–H groups in total. The molecule has 0 radical (unpaired) electrons. The molecule has 1 aliphatic rings. The molecule has 0 amide bonds. The summed E-state index contributed by atoms with van der Waals surface area (Å²) in [6.07, 6.45) is 5.26. The van der Waals surface area contributed by atoms with E-state index in [1.54, 1.807) is 0 Å². The van der Waals surface area contributed by atoms with Gasteiger partial charge in [0.25, 0.3) is 0 Å². The maximum Gasteiger partial charge on any atom is 0.0743 e. The summed E-state index contributed by atoms with van der Waals surface area (Å²) in [4.78, 5) is 0. The molecule has 2 rings (SSSR count). The number of ether oxygens (including phenoxy) is 1. The van der Waals surface area contributed by atoms with E-state index in [1.165, 1.54) is 24.8 Å². The second-order valence-electron chi connectivity index (χ2n) is 4.64. The molecule has 1 heterocycles. The normalized spacial score (nSPS) is 22.2. The molecule has 0 unspecified atom stereocenters. The van der Waals surface area contributed by atoms with Crippen LogP contribution in [0.2, 0.25) is 0 Å². The van der Waals surface area contributed by atoms with Crippen LogP contribution >= 0.6 is 0 Å². The first kappa shape index (κ1) is 11.6. The fraction of sp³-hybridized carbons (Fsp3) is 0.571. The highest BCUT2D eigenvalue weighted by atomic mass is 16.5. The summed E-state index contributed by atoms with van der Waals surface area (Å²) >= 11 is 0. The Morgan fingerprint density at radius 1 is 1.31 bits per heavy atom. The van der Waals surface area contributed by atoms with Crippen molar-refractivity contribution in [3.63, 3.8) is 0 Å². The van der Waals surface area contributed by atoms with Gasteiger partial charge in [0, 0.05) is 13.0 Å². The fourth-order valence-electron chi connectivity index (χ4n) is 2.57. The van der Waals surface area contributed by atoms with Crippen LogP contribution < -0.4 is 5.73 Å². The van der Waals surface area contributed by atoms with Crippen LogP contribution in [0.4, 0.5) is 0 Å². The standard InChI is InChI=1S/C14H21NO/c15-9-8-13(14-7-4-10-16-14)11-12-5-2-1-3-6-12/h1-3,5-6,13-14H,4,7-11,15H2/p+1/t13-,14-/m1/s1. The van der Waals surface area contributed by atoms with Crippen molar-refractivity contribution in [1.82, 2.24) is 0 Å². The zero-order valence-electron chi connectivity index (χ0n) is 9.90. The van der Waals surface area contributed by atoms with Crippen molar-refractivity contribution in [2.24, 2.45) is 5.92 Å². The lowest BCUT2D eigenvalue weighted by Gasteiger charge is -2.21. The molecule has 2 atom stereocenters. The van der Waals surface area contributed by atoms with Crippen LogP contribution in [-0.4, -0.2) is 19.3 Å². The monoisotopic (exact) mass is 220 g/mol. The van der Waals surface area contributed by atoms with E-state index in [0.29, 0.717) is 12.0 Å². The molecule has 1 aromatic carbocycles. The molecule has 16 heavy (non-hydrogen) atoms. The van der Waals surface area contributed by atoms with Crippen molar-refractivity contribution in [3.8, 4) is 0 Å². The molecule has 1 aromatic rings. The van der Waals surface area contributed by atoms with Crippen LogP contribution in [0.3, 0.4) is 0 Å². The van der Waals surface area contributed by atoms with Gasteiger partial charge in [-0.25, -0.2) is 0 Å². The summed E-state index contributed by atoms with van der Waals surface area (Å²) in [5.74, 6) is 0.655. The lowest BCUT2D eigenvalue weighted by atomic mass is 9.90. The first-order valence-corrected chi connectivity index (χ1v) is 6.35. The van der Waals surface area contributed by atoms with E-state index in [9.17, 15) is 0 Å². The van der Waals surface area contributed by atoms with Gasteiger partial charge in [0.1, 0.15) is 0 Å². The predicted octanol–water partition coefficient (Wildman–Crippen LogP) is 1.66. The molecular formula is C14H22NO+. The summed E-state index contributed by atoms with van der Waals surface area (Å²) in [5, 5.41) is 0. The van der Waals surface area contributed by atoms with Crippen LogP contribution in [0.25, 0.3) is 0 Å². The van der Waals surface area contributed by atoms with Crippen LogP contribution in [0.1, 0.15) is 24.8 Å². The Balaban J connectivity index is 1.96. The average molecular weight is 220 g/mol. The summed E-state index contributed by atoms with van der Waals surface area (Å²) in [5.41, 5.74) is 5.41. The highest BCUT2D eigenvalue weighted by Crippen LogP contribution is 2.25. The Hall–Kier alpha value is -0.860. The van der Waals surface area contributed by atoms with E-state index < -0.39 is 0 Å². The quantitative estimate of drug-likeness (QED) is 0.805. The molecule has 0 saturated carbocycles. The van der Waals surface area contributed by atoms with Crippen LogP contribution in [-0.2, 0) is 11.2 Å². The average Bonchev–Trinajstić information content (AvgIpc) is 2.83. The Morgan fingerprint density at radius 2 is 2.12 bits per heavy atom. The van der Waals surface area contributed by atoms with E-state index in [4.69, 9.17) is 4.74 Å². The SMILES string of the molecule is [NH3+]CC[C@H](Cc1ccccc1)[C@H]1CCCO1. The predicted molar refractivity (Wildman–Crippen MR) is 65.0 cm³/mol. The third-order valence-electron chi connectivity index (χ3n) is 3.41. The summed E-state index contributed by atoms with van der Waals surface area (Å²) in [6, 6.07) is 10.7. The van der Waals surface area contributed by atoms with Crippen LogP contribution in [0.15, 0.2) is 30.3 Å². The fourth-order valence-corrected chi connectivity index (χ4v) is 2.57. The summed E-state index contributed by atoms with van der Waals surface area (Å²) in [7, 11) is 0. The minimum atomic E-state index is 0.474. The Morgan fingerprint density at radius 3 is 2.75 bits per heavy atom. The molecule has 88 valence electrons. The third kappa shape index (κ3) is 3.06. The van der Waals surface area contributed by atoms with Gasteiger partial charge in [-0.05, 0) is 30.7 Å². The largest absolute Gasteiger partial charge is 0.378 e. The Labute approximate surface area is 97.8 Å². The van der Waals surface area contributed by atoms with Crippen LogP contribution in [0.5, 0.6) is 0 Å². The smallest absolute Gasteiger partial charge is 0.0743 e. The van der Waals surface area contributed by atoms with E-state index in [0.717, 1.165) is 19.6 Å². The second-order valence-corrected chi connectivity index (χ2v) is 4.64. The summed E-state index contributed by atoms with van der Waals surface area (Å²) < 4.78 is 5.81. The van der Waals surface area contributed by atoms with Crippen molar-refractivity contribution in [2.45, 2.75) is 31.8 Å². The Bertz CT molecular complexity index is 293. The van der Waals surface area contributed by atoms with Crippen molar-refractivity contribution in [2.75, 3.05) is 13.2 Å². The minimum absolute atomic E-state index is 0.474. The van der Waals surface area contributed by atoms with Gasteiger partial charge in [-0.2, -0.15) is 0 Å². The van der Waals surface area contributed by atoms with Gasteiger partial charge < -0.3 is 10.5 Å². The van der Waals surface area contributed by atoms with Gasteiger partial charge in [-0.3, -0.25) is 0 Å². The lowest BCUT2D eigenvalue weighted by Crippen LogP contribution is -2.51. The molecule has 1 saturated heterocycles. The first-order valence-electron chi connectivity index (χ1n) is 6.35. The molecule has 0 aromatic heterocycles. The Kier molecular flexibility index (Phi) is 4.37. The van der Waals surface area contributed by atoms with Crippen molar-refractivity contribution >= 4 is 0 Å². The molecular weight excluding hydrogens is 198 g/mol. The van der Waals surface area contributed by atoms with E-state index >= 15 is 0 Å². The molecule has 1 aliphatic heterocycles. The lowest BCUT2D eigenvalue weighted by molar-refractivity contribution is -0.371. The molecule has 0 aliphatic carbocycles. The minimum Gasteiger partial charge on any atom is -0.378 e. The topological polar surface area (TPSA) is 36.9 Å². The molecule has 0 bridgehead atoms. The van der Waals surface area contributed by atoms with Gasteiger partial charge in [0.05, 0.1) is 12.6 Å². The number of rotatable bonds is 5. The van der Waals surface area contributed by atoms with Crippen LogP contribution in [0, 0.1) is 5.92 Å². The second kappa shape index (κ2) is 6.02. The summed E-state index contributed by atoms with van der Waals surface area (Å²) in [6.45, 7) is 1.96. The zero-order chi connectivity index (χ0) is 11.2. The number of benzene rings is 1. The molecule has 2 nitrogen and oxygen atoms in total. The molecule has 0 spiro atoms. The van der Waals surface area contributed by atoms with E-state index in [2.05, 4.69) is 36.1 Å². The van der Waals surface area contributed by atoms with E-state index in [1.807, 2.05) is 0 Å². The number of quaternary nitrogens is 1. The van der Waals surface area contributed by atoms with Gasteiger partial charge in [0.15, 0.2) is 0 Å². The zero-order valence-corrected chi connectivity index (χ0v) is 9.90. The van der Waals surface area contributed by atoms with Crippen molar-refractivity contribution < 1.29 is 10.5 Å². The molecule has 2 heteroatoms. The van der Waals surface area contributed by atoms with Gasteiger partial charge >= 0.3 is 0 Å². The number of hydrogen-bond donors (Lipinski definition) is 1. The van der Waals surface area contributed by atoms with Crippen molar-refractivity contribution in [1.29, 1.82) is 0 Å². The maximum absolute atomic E-state index is 5.81. The number of hydrogen-bond acceptors (Lipinski definition) is 1. The van der Waals surface area contributed by atoms with Gasteiger partial charge in [-0.15, -0.1) is 0 Å². The highest BCUT2D eigenvalue weighted by molar-refractivity contribution is 5.15. The van der Waals surface area contributed by atoms with Gasteiger partial charge in [-0.1, -0.05) is 30.3 Å². The highest BCUT2D eigenvalue weighted by Gasteiger charge is 2.25.